The monoisotopic (exact) mass is 482 g/mol. The highest BCUT2D eigenvalue weighted by atomic mass is 32.2. The number of benzene rings is 1. The average molecular weight is 483 g/mol. The smallest absolute Gasteiger partial charge is 0.248 e. The third-order valence-corrected chi connectivity index (χ3v) is 6.27. The molecule has 1 amide bonds. The lowest BCUT2D eigenvalue weighted by Crippen LogP contribution is -2.33. The summed E-state index contributed by atoms with van der Waals surface area (Å²) in [5.41, 5.74) is 8.78. The lowest BCUT2D eigenvalue weighted by atomic mass is 10.1. The van der Waals surface area contributed by atoms with Gasteiger partial charge in [-0.05, 0) is 31.5 Å². The third kappa shape index (κ3) is 4.22. The fourth-order valence-electron chi connectivity index (χ4n) is 3.53. The number of nitrogens with two attached hydrogens (primary N) is 1. The molecule has 0 spiro atoms. The van der Waals surface area contributed by atoms with Gasteiger partial charge in [-0.3, -0.25) is 9.89 Å². The van der Waals surface area contributed by atoms with Crippen molar-refractivity contribution < 1.29 is 19.4 Å². The Labute approximate surface area is 197 Å². The molecule has 0 fully saturated rings. The lowest BCUT2D eigenvalue weighted by Gasteiger charge is -2.12. The molecule has 0 aliphatic carbocycles. The first-order valence-electron chi connectivity index (χ1n) is 10.6. The van der Waals surface area contributed by atoms with E-state index in [4.69, 9.17) is 20.2 Å². The molecule has 1 unspecified atom stereocenters. The highest BCUT2D eigenvalue weighted by Gasteiger charge is 2.23. The van der Waals surface area contributed by atoms with Gasteiger partial charge in [0, 0.05) is 29.7 Å². The van der Waals surface area contributed by atoms with Gasteiger partial charge in [-0.25, -0.2) is 15.0 Å². The summed E-state index contributed by atoms with van der Waals surface area (Å²) in [6.45, 7) is 2.48. The number of imidazole rings is 1. The second-order valence-corrected chi connectivity index (χ2v) is 8.57. The molecule has 0 bridgehead atoms. The van der Waals surface area contributed by atoms with Crippen LogP contribution in [0.1, 0.15) is 13.3 Å². The number of carbonyl (C=O) groups is 1. The average Bonchev–Trinajstić information content (AvgIpc) is 3.57. The summed E-state index contributed by atoms with van der Waals surface area (Å²) in [4.78, 5) is 25.7. The molecule has 3 aromatic heterocycles. The molecule has 34 heavy (non-hydrogen) atoms. The van der Waals surface area contributed by atoms with Gasteiger partial charge >= 0.3 is 0 Å². The van der Waals surface area contributed by atoms with E-state index >= 15 is 0 Å². The number of anilines is 1. The molecule has 0 saturated heterocycles. The summed E-state index contributed by atoms with van der Waals surface area (Å²) in [6.07, 6.45) is 2.69. The van der Waals surface area contributed by atoms with E-state index < -0.39 is 12.0 Å². The Balaban J connectivity index is 1.49. The van der Waals surface area contributed by atoms with Gasteiger partial charge in [0.2, 0.25) is 12.7 Å². The Bertz CT molecular complexity index is 1340. The minimum atomic E-state index is -1.06. The first kappa shape index (κ1) is 22.0. The van der Waals surface area contributed by atoms with Gasteiger partial charge in [0.1, 0.15) is 12.4 Å². The zero-order valence-electron chi connectivity index (χ0n) is 18.2. The van der Waals surface area contributed by atoms with Crippen molar-refractivity contribution in [2.24, 2.45) is 0 Å². The molecule has 1 aliphatic heterocycles. The van der Waals surface area contributed by atoms with E-state index in [1.54, 1.807) is 6.20 Å². The molecule has 13 heteroatoms. The Morgan fingerprint density at radius 2 is 2.18 bits per heavy atom. The van der Waals surface area contributed by atoms with Crippen molar-refractivity contribution in [2.45, 2.75) is 36.0 Å². The van der Waals surface area contributed by atoms with E-state index in [0.717, 1.165) is 16.2 Å². The van der Waals surface area contributed by atoms with Crippen molar-refractivity contribution >= 4 is 34.7 Å². The van der Waals surface area contributed by atoms with Crippen LogP contribution < -0.4 is 20.5 Å². The van der Waals surface area contributed by atoms with E-state index in [9.17, 15) is 9.90 Å². The Hall–Kier alpha value is -3.84. The van der Waals surface area contributed by atoms with Crippen LogP contribution in [0.3, 0.4) is 0 Å². The van der Waals surface area contributed by atoms with E-state index in [0.29, 0.717) is 47.3 Å². The van der Waals surface area contributed by atoms with E-state index in [-0.39, 0.29) is 12.6 Å². The van der Waals surface area contributed by atoms with Crippen LogP contribution in [0, 0.1) is 0 Å². The maximum atomic E-state index is 11.7. The third-order valence-electron chi connectivity index (χ3n) is 5.22. The fraction of sp³-hybridized carbons (Fsp3) is 0.286. The first-order valence-corrected chi connectivity index (χ1v) is 11.4. The number of nitrogens with one attached hydrogen (secondary N) is 2. The molecule has 4 aromatic rings. The Kier molecular flexibility index (Phi) is 5.94. The molecule has 5 rings (SSSR count). The highest BCUT2D eigenvalue weighted by molar-refractivity contribution is 7.99. The van der Waals surface area contributed by atoms with E-state index in [1.165, 1.54) is 25.0 Å². The molecular formula is C21H22N8O4S. The Morgan fingerprint density at radius 1 is 1.35 bits per heavy atom. The number of H-pyrrole nitrogens is 1. The summed E-state index contributed by atoms with van der Waals surface area (Å²) in [5.74, 6) is 1.16. The van der Waals surface area contributed by atoms with Gasteiger partial charge in [-0.15, -0.1) is 0 Å². The molecule has 176 valence electrons. The number of hydrogen-bond acceptors (Lipinski definition) is 10. The number of carbonyl (C=O) groups excluding carboxylic acids is 1. The topological polar surface area (TPSA) is 166 Å². The number of aromatic amines is 1. The molecule has 1 atom stereocenters. The molecule has 1 aliphatic rings. The lowest BCUT2D eigenvalue weighted by molar-refractivity contribution is -0.128. The van der Waals surface area contributed by atoms with Gasteiger partial charge in [0.15, 0.2) is 33.6 Å². The van der Waals surface area contributed by atoms with E-state index in [1.807, 2.05) is 22.8 Å². The SMILES string of the molecule is CC(O)C(=O)NCCCn1c(Sc2cc3c(cc2-c2cc[nH]n2)OCO3)nc2c(N)ncnc21. The predicted octanol–water partition coefficient (Wildman–Crippen LogP) is 1.57. The molecule has 4 heterocycles. The second kappa shape index (κ2) is 9.19. The van der Waals surface area contributed by atoms with Crippen molar-refractivity contribution in [3.63, 3.8) is 0 Å². The predicted molar refractivity (Wildman–Crippen MR) is 123 cm³/mol. The van der Waals surface area contributed by atoms with Gasteiger partial charge in [-0.2, -0.15) is 5.10 Å². The number of nitrogens with zero attached hydrogens (tertiary/aromatic N) is 5. The second-order valence-electron chi connectivity index (χ2n) is 7.56. The van der Waals surface area contributed by atoms with Crippen molar-refractivity contribution in [2.75, 3.05) is 19.1 Å². The number of amides is 1. The Morgan fingerprint density at radius 3 is 2.94 bits per heavy atom. The van der Waals surface area contributed by atoms with Crippen molar-refractivity contribution in [1.82, 2.24) is 35.0 Å². The van der Waals surface area contributed by atoms with Crippen molar-refractivity contribution in [1.29, 1.82) is 0 Å². The first-order chi connectivity index (χ1) is 16.5. The number of aromatic nitrogens is 6. The van der Waals surface area contributed by atoms with Crippen LogP contribution in [0.25, 0.3) is 22.4 Å². The highest BCUT2D eigenvalue weighted by Crippen LogP contribution is 2.44. The van der Waals surface area contributed by atoms with Gasteiger partial charge < -0.3 is 30.2 Å². The van der Waals surface area contributed by atoms with Crippen LogP contribution in [0.15, 0.2) is 40.8 Å². The maximum Gasteiger partial charge on any atom is 0.248 e. The number of aliphatic hydroxyl groups is 1. The molecule has 1 aromatic carbocycles. The normalized spacial score (nSPS) is 13.4. The zero-order chi connectivity index (χ0) is 23.7. The van der Waals surface area contributed by atoms with E-state index in [2.05, 4.69) is 25.5 Å². The van der Waals surface area contributed by atoms with Crippen LogP contribution in [-0.2, 0) is 11.3 Å². The maximum absolute atomic E-state index is 11.7. The summed E-state index contributed by atoms with van der Waals surface area (Å²) in [5, 5.41) is 19.9. The number of ether oxygens (including phenoxy) is 2. The number of aliphatic hydroxyl groups excluding tert-OH is 1. The number of fused-ring (bicyclic) bond motifs is 2. The summed E-state index contributed by atoms with van der Waals surface area (Å²) in [7, 11) is 0. The van der Waals surface area contributed by atoms with Crippen molar-refractivity contribution in [3.05, 3.63) is 30.7 Å². The molecular weight excluding hydrogens is 460 g/mol. The van der Waals surface area contributed by atoms with Crippen LogP contribution in [0.2, 0.25) is 0 Å². The quantitative estimate of drug-likeness (QED) is 0.271. The number of nitrogen functional groups attached to an aromatic ring is 1. The number of rotatable bonds is 8. The van der Waals surface area contributed by atoms with Crippen LogP contribution >= 0.6 is 11.8 Å². The minimum Gasteiger partial charge on any atom is -0.454 e. The number of hydrogen-bond donors (Lipinski definition) is 4. The molecule has 12 nitrogen and oxygen atoms in total. The van der Waals surface area contributed by atoms with Gasteiger partial charge in [0.25, 0.3) is 0 Å². The minimum absolute atomic E-state index is 0.159. The van der Waals surface area contributed by atoms with Crippen LogP contribution in [0.5, 0.6) is 11.5 Å². The van der Waals surface area contributed by atoms with Gasteiger partial charge in [0.05, 0.1) is 5.69 Å². The molecule has 5 N–H and O–H groups in total. The summed E-state index contributed by atoms with van der Waals surface area (Å²) < 4.78 is 13.1. The molecule has 0 radical (unpaired) electrons. The summed E-state index contributed by atoms with van der Waals surface area (Å²) in [6, 6.07) is 5.67. The fourth-order valence-corrected chi connectivity index (χ4v) is 4.59. The summed E-state index contributed by atoms with van der Waals surface area (Å²) >= 11 is 1.42. The van der Waals surface area contributed by atoms with Crippen LogP contribution in [0.4, 0.5) is 5.82 Å². The molecule has 0 saturated carbocycles. The van der Waals surface area contributed by atoms with Crippen molar-refractivity contribution in [3.8, 4) is 22.8 Å². The zero-order valence-corrected chi connectivity index (χ0v) is 19.0. The van der Waals surface area contributed by atoms with Crippen LogP contribution in [-0.4, -0.2) is 60.2 Å². The largest absolute Gasteiger partial charge is 0.454 e. The standard InChI is InChI=1S/C21H22N8O4S/c1-11(30)20(31)23-4-2-6-29-19-17(18(22)24-9-25-19)27-21(29)34-16-8-15-14(32-10-33-15)7-12(16)13-3-5-26-28-13/h3,5,7-9,11,30H,2,4,6,10H2,1H3,(H,23,31)(H,26,28)(H2,22,24,25). The number of aryl methyl sites for hydroxylation is 1. The van der Waals surface area contributed by atoms with Gasteiger partial charge in [-0.1, -0.05) is 11.8 Å².